The van der Waals surface area contributed by atoms with Gasteiger partial charge in [-0.25, -0.2) is 0 Å². The number of amides is 1. The highest BCUT2D eigenvalue weighted by Crippen LogP contribution is 2.47. The number of carbonyl (C=O) groups excluding carboxylic acids is 1. The number of hydrogen-bond acceptors (Lipinski definition) is 3. The first-order valence-electron chi connectivity index (χ1n) is 7.46. The van der Waals surface area contributed by atoms with Crippen molar-refractivity contribution in [2.24, 2.45) is 17.8 Å². The topological polar surface area (TPSA) is 64.3 Å². The van der Waals surface area contributed by atoms with Crippen LogP contribution in [0.25, 0.3) is 0 Å². The number of hydrogen-bond donors (Lipinski definition) is 2. The van der Waals surface area contributed by atoms with E-state index in [4.69, 9.17) is 10.5 Å². The standard InChI is InChI=1S/C16H22N2O2/c17-14-2-1-3-15(8-14)20-10-16(19)18-9-13-7-11-4-5-12(13)6-11/h1-3,8,11-13H,4-7,9-10,17H2,(H,18,19). The van der Waals surface area contributed by atoms with Crippen LogP contribution >= 0.6 is 0 Å². The molecule has 3 N–H and O–H groups in total. The first kappa shape index (κ1) is 13.3. The number of nitrogens with one attached hydrogen (secondary N) is 1. The van der Waals surface area contributed by atoms with Gasteiger partial charge in [0.15, 0.2) is 6.61 Å². The van der Waals surface area contributed by atoms with Gasteiger partial charge in [0.25, 0.3) is 5.91 Å². The van der Waals surface area contributed by atoms with Gasteiger partial charge < -0.3 is 15.8 Å². The highest BCUT2D eigenvalue weighted by Gasteiger charge is 2.39. The van der Waals surface area contributed by atoms with Gasteiger partial charge in [0.05, 0.1) is 0 Å². The van der Waals surface area contributed by atoms with E-state index in [1.807, 2.05) is 6.07 Å². The van der Waals surface area contributed by atoms with Crippen LogP contribution in [-0.4, -0.2) is 19.1 Å². The zero-order valence-electron chi connectivity index (χ0n) is 11.7. The summed E-state index contributed by atoms with van der Waals surface area (Å²) in [5.74, 6) is 3.04. The maximum atomic E-state index is 11.8. The molecule has 2 saturated carbocycles. The average molecular weight is 274 g/mol. The van der Waals surface area contributed by atoms with Gasteiger partial charge in [-0.3, -0.25) is 4.79 Å². The molecular formula is C16H22N2O2. The van der Waals surface area contributed by atoms with Crippen molar-refractivity contribution in [2.75, 3.05) is 18.9 Å². The molecule has 2 bridgehead atoms. The van der Waals surface area contributed by atoms with E-state index in [1.165, 1.54) is 25.7 Å². The second-order valence-corrected chi connectivity index (χ2v) is 6.10. The van der Waals surface area contributed by atoms with Gasteiger partial charge in [-0.2, -0.15) is 0 Å². The van der Waals surface area contributed by atoms with E-state index in [-0.39, 0.29) is 12.5 Å². The van der Waals surface area contributed by atoms with Gasteiger partial charge in [-0.05, 0) is 49.1 Å². The largest absolute Gasteiger partial charge is 0.484 e. The first-order valence-corrected chi connectivity index (χ1v) is 7.46. The summed E-state index contributed by atoms with van der Waals surface area (Å²) in [5, 5.41) is 3.00. The predicted molar refractivity (Wildman–Crippen MR) is 78.3 cm³/mol. The zero-order valence-corrected chi connectivity index (χ0v) is 11.7. The molecule has 20 heavy (non-hydrogen) atoms. The Morgan fingerprint density at radius 1 is 1.35 bits per heavy atom. The Morgan fingerprint density at radius 3 is 2.95 bits per heavy atom. The molecule has 0 heterocycles. The number of fused-ring (bicyclic) bond motifs is 2. The van der Waals surface area contributed by atoms with Crippen molar-refractivity contribution in [3.63, 3.8) is 0 Å². The Kier molecular flexibility index (Phi) is 3.81. The fourth-order valence-electron chi connectivity index (χ4n) is 3.68. The molecule has 0 aromatic heterocycles. The number of rotatable bonds is 5. The maximum Gasteiger partial charge on any atom is 0.257 e. The number of ether oxygens (including phenoxy) is 1. The quantitative estimate of drug-likeness (QED) is 0.809. The number of benzene rings is 1. The van der Waals surface area contributed by atoms with Crippen LogP contribution in [0.1, 0.15) is 25.7 Å². The molecule has 2 aliphatic rings. The molecule has 0 saturated heterocycles. The third-order valence-corrected chi connectivity index (χ3v) is 4.67. The molecule has 1 aromatic rings. The fraction of sp³-hybridized carbons (Fsp3) is 0.562. The SMILES string of the molecule is Nc1cccc(OCC(=O)NCC2CC3CCC2C3)c1. The Labute approximate surface area is 119 Å². The molecule has 108 valence electrons. The minimum Gasteiger partial charge on any atom is -0.484 e. The Morgan fingerprint density at radius 2 is 2.25 bits per heavy atom. The van der Waals surface area contributed by atoms with Gasteiger partial charge >= 0.3 is 0 Å². The lowest BCUT2D eigenvalue weighted by Crippen LogP contribution is -2.34. The number of anilines is 1. The second-order valence-electron chi connectivity index (χ2n) is 6.10. The molecule has 4 nitrogen and oxygen atoms in total. The van der Waals surface area contributed by atoms with Gasteiger partial charge in [0.1, 0.15) is 5.75 Å². The predicted octanol–water partition coefficient (Wildman–Crippen LogP) is 2.20. The van der Waals surface area contributed by atoms with E-state index < -0.39 is 0 Å². The van der Waals surface area contributed by atoms with Crippen LogP contribution in [0.15, 0.2) is 24.3 Å². The molecule has 4 heteroatoms. The summed E-state index contributed by atoms with van der Waals surface area (Å²) < 4.78 is 5.43. The van der Waals surface area contributed by atoms with E-state index in [9.17, 15) is 4.79 Å². The lowest BCUT2D eigenvalue weighted by molar-refractivity contribution is -0.123. The summed E-state index contributed by atoms with van der Waals surface area (Å²) in [6, 6.07) is 7.14. The van der Waals surface area contributed by atoms with Gasteiger partial charge in [-0.1, -0.05) is 12.5 Å². The highest BCUT2D eigenvalue weighted by atomic mass is 16.5. The lowest BCUT2D eigenvalue weighted by Gasteiger charge is -2.21. The van der Waals surface area contributed by atoms with Crippen molar-refractivity contribution in [3.8, 4) is 5.75 Å². The fourth-order valence-corrected chi connectivity index (χ4v) is 3.68. The lowest BCUT2D eigenvalue weighted by atomic mass is 9.89. The van der Waals surface area contributed by atoms with E-state index in [2.05, 4.69) is 5.32 Å². The number of nitrogens with two attached hydrogens (primary N) is 1. The van der Waals surface area contributed by atoms with Crippen molar-refractivity contribution < 1.29 is 9.53 Å². The first-order chi connectivity index (χ1) is 9.70. The summed E-state index contributed by atoms with van der Waals surface area (Å²) in [6.45, 7) is 0.866. The molecule has 1 aromatic carbocycles. The summed E-state index contributed by atoms with van der Waals surface area (Å²) in [7, 11) is 0. The van der Waals surface area contributed by atoms with Crippen LogP contribution < -0.4 is 15.8 Å². The minimum atomic E-state index is -0.0461. The molecular weight excluding hydrogens is 252 g/mol. The van der Waals surface area contributed by atoms with Gasteiger partial charge in [0.2, 0.25) is 0 Å². The van der Waals surface area contributed by atoms with Crippen LogP contribution in [0, 0.1) is 17.8 Å². The van der Waals surface area contributed by atoms with E-state index in [1.54, 1.807) is 18.2 Å². The third-order valence-electron chi connectivity index (χ3n) is 4.67. The van der Waals surface area contributed by atoms with Crippen LogP contribution in [0.4, 0.5) is 5.69 Å². The minimum absolute atomic E-state index is 0.0461. The average Bonchev–Trinajstić information content (AvgIpc) is 3.05. The number of carbonyl (C=O) groups is 1. The molecule has 2 fully saturated rings. The van der Waals surface area contributed by atoms with Crippen molar-refractivity contribution in [2.45, 2.75) is 25.7 Å². The van der Waals surface area contributed by atoms with Crippen molar-refractivity contribution in [1.82, 2.24) is 5.32 Å². The van der Waals surface area contributed by atoms with E-state index in [0.717, 1.165) is 18.4 Å². The second kappa shape index (κ2) is 5.73. The van der Waals surface area contributed by atoms with Crippen molar-refractivity contribution >= 4 is 11.6 Å². The van der Waals surface area contributed by atoms with Crippen molar-refractivity contribution in [3.05, 3.63) is 24.3 Å². The summed E-state index contributed by atoms with van der Waals surface area (Å²) in [5.41, 5.74) is 6.30. The zero-order chi connectivity index (χ0) is 13.9. The van der Waals surface area contributed by atoms with Gasteiger partial charge in [0, 0.05) is 18.3 Å². The number of nitrogen functional groups attached to an aromatic ring is 1. The van der Waals surface area contributed by atoms with E-state index >= 15 is 0 Å². The van der Waals surface area contributed by atoms with Crippen LogP contribution in [0.5, 0.6) is 5.75 Å². The van der Waals surface area contributed by atoms with Crippen LogP contribution in [0.2, 0.25) is 0 Å². The normalized spacial score (nSPS) is 27.5. The van der Waals surface area contributed by atoms with Crippen molar-refractivity contribution in [1.29, 1.82) is 0 Å². The molecule has 3 atom stereocenters. The van der Waals surface area contributed by atoms with Crippen LogP contribution in [-0.2, 0) is 4.79 Å². The Bertz CT molecular complexity index is 489. The Hall–Kier alpha value is -1.71. The molecule has 0 spiro atoms. The Balaban J connectivity index is 1.39. The maximum absolute atomic E-state index is 11.8. The summed E-state index contributed by atoms with van der Waals surface area (Å²) in [4.78, 5) is 11.8. The van der Waals surface area contributed by atoms with E-state index in [0.29, 0.717) is 17.4 Å². The highest BCUT2D eigenvalue weighted by molar-refractivity contribution is 5.77. The molecule has 3 rings (SSSR count). The summed E-state index contributed by atoms with van der Waals surface area (Å²) >= 11 is 0. The monoisotopic (exact) mass is 274 g/mol. The third kappa shape index (κ3) is 3.06. The smallest absolute Gasteiger partial charge is 0.257 e. The van der Waals surface area contributed by atoms with Gasteiger partial charge in [-0.15, -0.1) is 0 Å². The molecule has 1 amide bonds. The van der Waals surface area contributed by atoms with Crippen LogP contribution in [0.3, 0.4) is 0 Å². The molecule has 0 aliphatic heterocycles. The molecule has 2 aliphatic carbocycles. The molecule has 0 radical (unpaired) electrons. The molecule has 3 unspecified atom stereocenters. The summed E-state index contributed by atoms with van der Waals surface area (Å²) in [6.07, 6.45) is 5.42.